The maximum absolute atomic E-state index is 7.36. The van der Waals surface area contributed by atoms with Crippen molar-refractivity contribution >= 4 is 47.7 Å². The van der Waals surface area contributed by atoms with Crippen LogP contribution in [0.15, 0.2) is 303 Å². The molecule has 1 aliphatic rings. The molecule has 0 radical (unpaired) electrons. The molecule has 0 atom stereocenters. The summed E-state index contributed by atoms with van der Waals surface area (Å²) < 4.78 is 29.4. The molecule has 4 nitrogen and oxygen atoms in total. The summed E-state index contributed by atoms with van der Waals surface area (Å²) in [6.07, 6.45) is 2.18. The van der Waals surface area contributed by atoms with Gasteiger partial charge in [0.1, 0.15) is 49.4 Å². The Hall–Kier alpha value is -9.30. The van der Waals surface area contributed by atoms with Crippen molar-refractivity contribution in [2.45, 2.75) is 52.1 Å². The van der Waals surface area contributed by atoms with E-state index in [2.05, 4.69) is 303 Å². The highest BCUT2D eigenvalue weighted by Gasteiger charge is 2.28. The fourth-order valence-corrected chi connectivity index (χ4v) is 16.6. The summed E-state index contributed by atoms with van der Waals surface area (Å²) in [7, 11) is -2.04. The molecule has 0 aromatic heterocycles. The first-order chi connectivity index (χ1) is 42.6. The van der Waals surface area contributed by atoms with Crippen molar-refractivity contribution < 1.29 is 18.9 Å². The molecule has 0 amide bonds. The third kappa shape index (κ3) is 13.3. The monoisotopic (exact) mass is 1150 g/mol. The highest BCUT2D eigenvalue weighted by molar-refractivity contribution is 7.80. The van der Waals surface area contributed by atoms with E-state index in [1.807, 2.05) is 0 Å². The third-order valence-electron chi connectivity index (χ3n) is 15.8. The van der Waals surface area contributed by atoms with Gasteiger partial charge in [-0.2, -0.15) is 0 Å². The maximum atomic E-state index is 7.36. The molecule has 420 valence electrons. The molecule has 0 saturated carbocycles. The SMILES string of the molecule is c1ccc(COc2c3cccc2Cc2cc(P(c4ccccc4)c4ccccc4)cc(c2OCc2ccccc2)Cc2cccc(c2OCc2ccccc2)Cc2cc(P(c4ccccc4)c4ccccc4)cc(c2OCc2ccccc2)C3)cc1. The average Bonchev–Trinajstić information content (AvgIpc) is 1.19. The summed E-state index contributed by atoms with van der Waals surface area (Å²) in [4.78, 5) is 0. The van der Waals surface area contributed by atoms with E-state index in [-0.39, 0.29) is 0 Å². The molecular formula is C80H66O4P2. The smallest absolute Gasteiger partial charge is 0.126 e. The van der Waals surface area contributed by atoms with Crippen LogP contribution in [0, 0.1) is 0 Å². The first-order valence-corrected chi connectivity index (χ1v) is 32.3. The van der Waals surface area contributed by atoms with E-state index < -0.39 is 15.8 Å². The van der Waals surface area contributed by atoms with Gasteiger partial charge in [-0.05, 0) is 139 Å². The molecule has 13 rings (SSSR count). The normalized spacial score (nSPS) is 11.9. The number of benzene rings is 12. The second-order valence-electron chi connectivity index (χ2n) is 21.8. The number of ether oxygens (including phenoxy) is 4. The minimum absolute atomic E-state index is 0.400. The zero-order valence-electron chi connectivity index (χ0n) is 48.1. The summed E-state index contributed by atoms with van der Waals surface area (Å²) in [5.41, 5.74) is 13.1. The van der Waals surface area contributed by atoms with E-state index in [4.69, 9.17) is 18.9 Å². The molecule has 0 saturated heterocycles. The van der Waals surface area contributed by atoms with E-state index in [1.54, 1.807) is 0 Å². The Morgan fingerprint density at radius 2 is 0.395 bits per heavy atom. The van der Waals surface area contributed by atoms with Gasteiger partial charge in [0.25, 0.3) is 0 Å². The van der Waals surface area contributed by atoms with E-state index in [1.165, 1.54) is 31.8 Å². The van der Waals surface area contributed by atoms with Crippen LogP contribution in [-0.2, 0) is 52.1 Å². The molecule has 12 aromatic carbocycles. The number of hydrogen-bond acceptors (Lipinski definition) is 4. The van der Waals surface area contributed by atoms with Crippen LogP contribution in [0.2, 0.25) is 0 Å². The highest BCUT2D eigenvalue weighted by Crippen LogP contribution is 2.44. The minimum atomic E-state index is -1.02. The average molecular weight is 1150 g/mol. The van der Waals surface area contributed by atoms with Crippen LogP contribution >= 0.6 is 15.8 Å². The van der Waals surface area contributed by atoms with Crippen molar-refractivity contribution in [3.8, 4) is 23.0 Å². The summed E-state index contributed by atoms with van der Waals surface area (Å²) in [5.74, 6) is 3.49. The molecule has 0 heterocycles. The molecule has 8 bridgehead atoms. The van der Waals surface area contributed by atoms with E-state index in [0.717, 1.165) is 89.8 Å². The predicted octanol–water partition coefficient (Wildman–Crippen LogP) is 16.2. The van der Waals surface area contributed by atoms with E-state index in [0.29, 0.717) is 52.1 Å². The van der Waals surface area contributed by atoms with Crippen molar-refractivity contribution in [3.63, 3.8) is 0 Å². The molecule has 12 aromatic rings. The van der Waals surface area contributed by atoms with Crippen LogP contribution in [-0.4, -0.2) is 0 Å². The maximum Gasteiger partial charge on any atom is 0.126 e. The molecule has 0 unspecified atom stereocenters. The number of rotatable bonds is 18. The lowest BCUT2D eigenvalue weighted by Crippen LogP contribution is -2.22. The van der Waals surface area contributed by atoms with Gasteiger partial charge in [0.15, 0.2) is 0 Å². The van der Waals surface area contributed by atoms with Gasteiger partial charge in [-0.3, -0.25) is 0 Å². The van der Waals surface area contributed by atoms with Crippen molar-refractivity contribution in [1.82, 2.24) is 0 Å². The largest absolute Gasteiger partial charge is 0.488 e. The summed E-state index contributed by atoms with van der Waals surface area (Å²) in [6, 6.07) is 109. The topological polar surface area (TPSA) is 36.9 Å². The van der Waals surface area contributed by atoms with Crippen LogP contribution < -0.4 is 50.8 Å². The minimum Gasteiger partial charge on any atom is -0.488 e. The van der Waals surface area contributed by atoms with Gasteiger partial charge in [-0.25, -0.2) is 0 Å². The van der Waals surface area contributed by atoms with Gasteiger partial charge >= 0.3 is 0 Å². The number of fused-ring (bicyclic) bond motifs is 8. The van der Waals surface area contributed by atoms with Crippen LogP contribution in [0.4, 0.5) is 0 Å². The fourth-order valence-electron chi connectivity index (χ4n) is 11.8. The lowest BCUT2D eigenvalue weighted by molar-refractivity contribution is 0.293. The zero-order valence-corrected chi connectivity index (χ0v) is 49.8. The van der Waals surface area contributed by atoms with Crippen LogP contribution in [0.5, 0.6) is 23.0 Å². The number of hydrogen-bond donors (Lipinski definition) is 0. The van der Waals surface area contributed by atoms with Crippen molar-refractivity contribution in [2.75, 3.05) is 0 Å². The highest BCUT2D eigenvalue weighted by atomic mass is 31.1. The second-order valence-corrected chi connectivity index (χ2v) is 26.3. The standard InChI is InChI=1S/C80H66O4P2/c1-9-27-59(28-10-1)55-81-77-63-35-25-36-64(77)48-68-52-76(86(73-43-21-7-22-44-73)74-45-23-8-24-46-74)54-70(80(68)84-58-62-33-15-4-16-34-62)50-66-38-26-37-65(78(66)82-56-60-29-11-2-12-30-60)49-69-53-75(51-67(47-63)79(69)83-57-61-31-13-3-14-32-61)85(71-39-17-5-18-40-71)72-41-19-6-20-42-72/h1-46,51-54H,47-50,55-58H2. The van der Waals surface area contributed by atoms with Crippen molar-refractivity contribution in [3.05, 3.63) is 370 Å². The Labute approximate surface area is 508 Å². The fraction of sp³-hybridized carbons (Fsp3) is 0.100. The molecule has 0 N–H and O–H groups in total. The molecular weight excluding hydrogens is 1090 g/mol. The molecule has 0 fully saturated rings. The van der Waals surface area contributed by atoms with Crippen LogP contribution in [0.1, 0.15) is 66.8 Å². The van der Waals surface area contributed by atoms with Crippen molar-refractivity contribution in [1.29, 1.82) is 0 Å². The first kappa shape index (κ1) is 55.9. The van der Waals surface area contributed by atoms with Crippen LogP contribution in [0.3, 0.4) is 0 Å². The Kier molecular flexibility index (Phi) is 17.6. The second kappa shape index (κ2) is 27.2. The van der Waals surface area contributed by atoms with Gasteiger partial charge in [0, 0.05) is 25.7 Å². The molecule has 86 heavy (non-hydrogen) atoms. The lowest BCUT2D eigenvalue weighted by Gasteiger charge is -2.26. The van der Waals surface area contributed by atoms with Crippen molar-refractivity contribution in [2.24, 2.45) is 0 Å². The van der Waals surface area contributed by atoms with Gasteiger partial charge in [-0.15, -0.1) is 0 Å². The van der Waals surface area contributed by atoms with E-state index in [9.17, 15) is 0 Å². The lowest BCUT2D eigenvalue weighted by atomic mass is 9.91. The summed E-state index contributed by atoms with van der Waals surface area (Å²) >= 11 is 0. The molecule has 1 aliphatic carbocycles. The zero-order chi connectivity index (χ0) is 57.7. The van der Waals surface area contributed by atoms with Gasteiger partial charge in [0.05, 0.1) is 0 Å². The Balaban J connectivity index is 1.08. The summed E-state index contributed by atoms with van der Waals surface area (Å²) in [5, 5.41) is 7.62. The Morgan fingerprint density at radius 3 is 0.616 bits per heavy atom. The van der Waals surface area contributed by atoms with Gasteiger partial charge in [0.2, 0.25) is 0 Å². The molecule has 6 heteroatoms. The first-order valence-electron chi connectivity index (χ1n) is 29.6. The van der Waals surface area contributed by atoms with E-state index >= 15 is 0 Å². The molecule has 0 spiro atoms. The Morgan fingerprint density at radius 1 is 0.198 bits per heavy atom. The Bertz CT molecular complexity index is 3710. The predicted molar refractivity (Wildman–Crippen MR) is 358 cm³/mol. The van der Waals surface area contributed by atoms with Gasteiger partial charge < -0.3 is 18.9 Å². The van der Waals surface area contributed by atoms with Crippen LogP contribution in [0.25, 0.3) is 0 Å². The number of para-hydroxylation sites is 2. The summed E-state index contributed by atoms with van der Waals surface area (Å²) in [6.45, 7) is 1.60. The molecule has 0 aliphatic heterocycles. The third-order valence-corrected chi connectivity index (χ3v) is 20.6. The van der Waals surface area contributed by atoms with Gasteiger partial charge in [-0.1, -0.05) is 279 Å². The quantitative estimate of drug-likeness (QED) is 0.0803.